The van der Waals surface area contributed by atoms with E-state index in [1.165, 1.54) is 29.3 Å². The lowest BCUT2D eigenvalue weighted by Crippen LogP contribution is -2.27. The fourth-order valence-corrected chi connectivity index (χ4v) is 3.37. The highest BCUT2D eigenvalue weighted by Crippen LogP contribution is 2.34. The van der Waals surface area contributed by atoms with Crippen molar-refractivity contribution in [2.45, 2.75) is 19.4 Å². The van der Waals surface area contributed by atoms with Gasteiger partial charge in [-0.05, 0) is 61.0 Å². The van der Waals surface area contributed by atoms with Crippen LogP contribution in [0.5, 0.6) is 0 Å². The van der Waals surface area contributed by atoms with Crippen LogP contribution in [0, 0.1) is 12.7 Å². The van der Waals surface area contributed by atoms with Gasteiger partial charge in [-0.15, -0.1) is 0 Å². The molecule has 4 rings (SSSR count). The summed E-state index contributed by atoms with van der Waals surface area (Å²) in [6.45, 7) is 1.87. The Balaban J connectivity index is 1.72. The quantitative estimate of drug-likeness (QED) is 0.556. The van der Waals surface area contributed by atoms with Gasteiger partial charge in [-0.3, -0.25) is 4.79 Å². The molecule has 0 unspecified atom stereocenters. The maximum atomic E-state index is 13.2. The SMILES string of the molecule is Cc1ccc(C2=NN(C(=O)c3ccc(F)cc3)[C@@H](c3ccc(Br)cc3)C2)o1. The first-order valence-corrected chi connectivity index (χ1v) is 9.29. The van der Waals surface area contributed by atoms with Crippen LogP contribution in [-0.2, 0) is 0 Å². The molecule has 0 N–H and O–H groups in total. The number of nitrogens with zero attached hydrogens (tertiary/aromatic N) is 2. The van der Waals surface area contributed by atoms with E-state index in [0.717, 1.165) is 15.8 Å². The Labute approximate surface area is 164 Å². The number of benzene rings is 2. The minimum absolute atomic E-state index is 0.254. The molecule has 1 amide bonds. The zero-order valence-electron chi connectivity index (χ0n) is 14.5. The second-order valence-corrected chi connectivity index (χ2v) is 7.30. The Morgan fingerprint density at radius 1 is 1.11 bits per heavy atom. The number of carbonyl (C=O) groups is 1. The molecule has 0 fully saturated rings. The van der Waals surface area contributed by atoms with Crippen molar-refractivity contribution in [2.75, 3.05) is 0 Å². The maximum Gasteiger partial charge on any atom is 0.274 e. The molecule has 4 nitrogen and oxygen atoms in total. The topological polar surface area (TPSA) is 45.8 Å². The summed E-state index contributed by atoms with van der Waals surface area (Å²) in [5.74, 6) is 0.786. The van der Waals surface area contributed by atoms with Crippen LogP contribution in [0.1, 0.15) is 39.9 Å². The van der Waals surface area contributed by atoms with Crippen LogP contribution >= 0.6 is 15.9 Å². The molecule has 1 aliphatic heterocycles. The third-order valence-corrected chi connectivity index (χ3v) is 5.02. The Morgan fingerprint density at radius 2 is 1.81 bits per heavy atom. The normalized spacial score (nSPS) is 16.5. The molecule has 0 spiro atoms. The molecule has 2 heterocycles. The molecule has 1 aliphatic rings. The first kappa shape index (κ1) is 17.7. The molecule has 0 radical (unpaired) electrons. The number of carbonyl (C=O) groups excluding carboxylic acids is 1. The van der Waals surface area contributed by atoms with Gasteiger partial charge in [-0.2, -0.15) is 5.10 Å². The van der Waals surface area contributed by atoms with Crippen molar-refractivity contribution in [2.24, 2.45) is 5.10 Å². The zero-order valence-corrected chi connectivity index (χ0v) is 16.1. The third-order valence-electron chi connectivity index (χ3n) is 4.49. The standard InChI is InChI=1S/C21H16BrFN2O2/c1-13-2-11-20(27-13)18-12-19(14-3-7-16(22)8-4-14)25(24-18)21(26)15-5-9-17(23)10-6-15/h2-11,19H,12H2,1H3/t19-/m1/s1. The van der Waals surface area contributed by atoms with Crippen LogP contribution in [-0.4, -0.2) is 16.6 Å². The van der Waals surface area contributed by atoms with Crippen LogP contribution in [0.4, 0.5) is 4.39 Å². The van der Waals surface area contributed by atoms with Crippen LogP contribution in [0.25, 0.3) is 0 Å². The van der Waals surface area contributed by atoms with Gasteiger partial charge in [0.05, 0.1) is 6.04 Å². The minimum Gasteiger partial charge on any atom is -0.460 e. The Hall–Kier alpha value is -2.73. The number of hydrazone groups is 1. The number of hydrogen-bond donors (Lipinski definition) is 0. The van der Waals surface area contributed by atoms with Gasteiger partial charge in [0, 0.05) is 16.5 Å². The van der Waals surface area contributed by atoms with Crippen molar-refractivity contribution in [3.05, 3.63) is 93.6 Å². The van der Waals surface area contributed by atoms with E-state index in [4.69, 9.17) is 4.42 Å². The first-order chi connectivity index (χ1) is 13.0. The summed E-state index contributed by atoms with van der Waals surface area (Å²) in [5.41, 5.74) is 2.07. The van der Waals surface area contributed by atoms with Gasteiger partial charge < -0.3 is 4.42 Å². The fraction of sp³-hybridized carbons (Fsp3) is 0.143. The molecule has 27 heavy (non-hydrogen) atoms. The molecule has 136 valence electrons. The van der Waals surface area contributed by atoms with E-state index in [1.807, 2.05) is 43.3 Å². The van der Waals surface area contributed by atoms with Crippen LogP contribution in [0.3, 0.4) is 0 Å². The van der Waals surface area contributed by atoms with Crippen molar-refractivity contribution in [1.29, 1.82) is 0 Å². The van der Waals surface area contributed by atoms with Gasteiger partial charge in [0.1, 0.15) is 23.0 Å². The van der Waals surface area contributed by atoms with E-state index in [9.17, 15) is 9.18 Å². The lowest BCUT2D eigenvalue weighted by atomic mass is 10.0. The van der Waals surface area contributed by atoms with Gasteiger partial charge in [-0.25, -0.2) is 9.40 Å². The fourth-order valence-electron chi connectivity index (χ4n) is 3.11. The van der Waals surface area contributed by atoms with E-state index < -0.39 is 0 Å². The number of hydrogen-bond acceptors (Lipinski definition) is 3. The smallest absolute Gasteiger partial charge is 0.274 e. The molecule has 0 saturated carbocycles. The minimum atomic E-state index is -0.382. The van der Waals surface area contributed by atoms with Gasteiger partial charge in [0.2, 0.25) is 0 Å². The summed E-state index contributed by atoms with van der Waals surface area (Å²) in [7, 11) is 0. The summed E-state index contributed by atoms with van der Waals surface area (Å²) < 4.78 is 19.9. The summed E-state index contributed by atoms with van der Waals surface area (Å²) in [6.07, 6.45) is 0.543. The number of aryl methyl sites for hydroxylation is 1. The van der Waals surface area contributed by atoms with E-state index in [1.54, 1.807) is 0 Å². The zero-order chi connectivity index (χ0) is 19.0. The van der Waals surface area contributed by atoms with E-state index in [0.29, 0.717) is 23.5 Å². The second-order valence-electron chi connectivity index (χ2n) is 6.39. The summed E-state index contributed by atoms with van der Waals surface area (Å²) >= 11 is 3.43. The molecule has 0 bridgehead atoms. The summed E-state index contributed by atoms with van der Waals surface area (Å²) in [5, 5.41) is 6.01. The maximum absolute atomic E-state index is 13.2. The molecule has 1 atom stereocenters. The van der Waals surface area contributed by atoms with Gasteiger partial charge in [0.15, 0.2) is 0 Å². The highest BCUT2D eigenvalue weighted by Gasteiger charge is 2.34. The monoisotopic (exact) mass is 426 g/mol. The number of furan rings is 1. The average molecular weight is 427 g/mol. The summed E-state index contributed by atoms with van der Waals surface area (Å²) in [4.78, 5) is 13.0. The first-order valence-electron chi connectivity index (χ1n) is 8.50. The van der Waals surface area contributed by atoms with Gasteiger partial charge in [-0.1, -0.05) is 28.1 Å². The molecule has 6 heteroatoms. The van der Waals surface area contributed by atoms with Gasteiger partial charge >= 0.3 is 0 Å². The van der Waals surface area contributed by atoms with Crippen LogP contribution < -0.4 is 0 Å². The molecule has 3 aromatic rings. The lowest BCUT2D eigenvalue weighted by Gasteiger charge is -2.22. The molecular formula is C21H16BrFN2O2. The molecule has 0 aliphatic carbocycles. The Kier molecular flexibility index (Phi) is 4.66. The van der Waals surface area contributed by atoms with Crippen molar-refractivity contribution in [3.63, 3.8) is 0 Å². The van der Waals surface area contributed by atoms with E-state index in [2.05, 4.69) is 21.0 Å². The predicted molar refractivity (Wildman–Crippen MR) is 104 cm³/mol. The van der Waals surface area contributed by atoms with Crippen molar-refractivity contribution in [3.8, 4) is 0 Å². The predicted octanol–water partition coefficient (Wildman–Crippen LogP) is 5.48. The van der Waals surface area contributed by atoms with Crippen LogP contribution in [0.15, 0.2) is 74.7 Å². The van der Waals surface area contributed by atoms with E-state index >= 15 is 0 Å². The largest absolute Gasteiger partial charge is 0.460 e. The number of halogens is 2. The Morgan fingerprint density at radius 3 is 2.44 bits per heavy atom. The molecular weight excluding hydrogens is 411 g/mol. The number of amides is 1. The molecule has 0 saturated heterocycles. The lowest BCUT2D eigenvalue weighted by molar-refractivity contribution is 0.0711. The van der Waals surface area contributed by atoms with Crippen molar-refractivity contribution in [1.82, 2.24) is 5.01 Å². The van der Waals surface area contributed by atoms with Crippen molar-refractivity contribution >= 4 is 27.5 Å². The highest BCUT2D eigenvalue weighted by molar-refractivity contribution is 9.10. The molecule has 1 aromatic heterocycles. The Bertz CT molecular complexity index is 1010. The third kappa shape index (κ3) is 3.57. The second kappa shape index (κ2) is 7.12. The number of rotatable bonds is 3. The van der Waals surface area contributed by atoms with Gasteiger partial charge in [0.25, 0.3) is 5.91 Å². The highest BCUT2D eigenvalue weighted by atomic mass is 79.9. The van der Waals surface area contributed by atoms with E-state index in [-0.39, 0.29) is 17.8 Å². The molecule has 2 aromatic carbocycles. The average Bonchev–Trinajstić information content (AvgIpc) is 3.29. The van der Waals surface area contributed by atoms with Crippen molar-refractivity contribution < 1.29 is 13.6 Å². The summed E-state index contributed by atoms with van der Waals surface area (Å²) in [6, 6.07) is 16.8. The van der Waals surface area contributed by atoms with Crippen LogP contribution in [0.2, 0.25) is 0 Å².